The van der Waals surface area contributed by atoms with E-state index in [-0.39, 0.29) is 5.60 Å². The Morgan fingerprint density at radius 2 is 2.18 bits per heavy atom. The van der Waals surface area contributed by atoms with Crippen molar-refractivity contribution >= 4 is 0 Å². The molecule has 0 aromatic heterocycles. The molecule has 1 aliphatic rings. The van der Waals surface area contributed by atoms with Crippen LogP contribution in [0, 0.1) is 5.92 Å². The lowest BCUT2D eigenvalue weighted by atomic mass is 9.74. The highest BCUT2D eigenvalue weighted by molar-refractivity contribution is 4.86. The van der Waals surface area contributed by atoms with Gasteiger partial charge in [0.2, 0.25) is 0 Å². The normalized spacial score (nSPS) is 39.0. The van der Waals surface area contributed by atoms with Crippen LogP contribution in [0.1, 0.15) is 52.4 Å². The standard InChI is InChI=1S/C10H20O/c1-3-7-10(11)8-5-4-6-9(10)2/h9,11H,3-8H2,1-2H3. The fraction of sp³-hybridized carbons (Fsp3) is 1.00. The monoisotopic (exact) mass is 156 g/mol. The molecule has 0 saturated heterocycles. The van der Waals surface area contributed by atoms with Gasteiger partial charge in [-0.1, -0.05) is 33.1 Å². The first-order chi connectivity index (χ1) is 5.19. The molecule has 1 heteroatoms. The highest BCUT2D eigenvalue weighted by Crippen LogP contribution is 2.36. The minimum Gasteiger partial charge on any atom is -0.390 e. The van der Waals surface area contributed by atoms with E-state index in [1.165, 1.54) is 19.3 Å². The van der Waals surface area contributed by atoms with Crippen molar-refractivity contribution in [1.29, 1.82) is 0 Å². The van der Waals surface area contributed by atoms with E-state index >= 15 is 0 Å². The Morgan fingerprint density at radius 3 is 2.73 bits per heavy atom. The smallest absolute Gasteiger partial charge is 0.0673 e. The molecular weight excluding hydrogens is 136 g/mol. The van der Waals surface area contributed by atoms with Crippen molar-refractivity contribution in [2.45, 2.75) is 58.0 Å². The molecule has 1 fully saturated rings. The maximum absolute atomic E-state index is 10.1. The maximum Gasteiger partial charge on any atom is 0.0673 e. The van der Waals surface area contributed by atoms with E-state index in [4.69, 9.17) is 0 Å². The average molecular weight is 156 g/mol. The second kappa shape index (κ2) is 3.57. The quantitative estimate of drug-likeness (QED) is 0.651. The van der Waals surface area contributed by atoms with Gasteiger partial charge < -0.3 is 5.11 Å². The lowest BCUT2D eigenvalue weighted by Gasteiger charge is -2.38. The van der Waals surface area contributed by atoms with Gasteiger partial charge in [-0.15, -0.1) is 0 Å². The summed E-state index contributed by atoms with van der Waals surface area (Å²) in [6.07, 6.45) is 6.89. The second-order valence-electron chi connectivity index (χ2n) is 4.00. The Labute approximate surface area is 69.8 Å². The van der Waals surface area contributed by atoms with Gasteiger partial charge in [-0.05, 0) is 25.2 Å². The van der Waals surface area contributed by atoms with Crippen molar-refractivity contribution in [3.8, 4) is 0 Å². The van der Waals surface area contributed by atoms with Crippen molar-refractivity contribution < 1.29 is 5.11 Å². The van der Waals surface area contributed by atoms with E-state index in [2.05, 4.69) is 13.8 Å². The van der Waals surface area contributed by atoms with Crippen LogP contribution in [0.5, 0.6) is 0 Å². The molecule has 2 atom stereocenters. The van der Waals surface area contributed by atoms with Crippen LogP contribution in [-0.4, -0.2) is 10.7 Å². The molecular formula is C10H20O. The minimum absolute atomic E-state index is 0.312. The first-order valence-electron chi connectivity index (χ1n) is 4.91. The van der Waals surface area contributed by atoms with Crippen molar-refractivity contribution in [2.75, 3.05) is 0 Å². The molecule has 0 radical (unpaired) electrons. The van der Waals surface area contributed by atoms with Crippen LogP contribution >= 0.6 is 0 Å². The van der Waals surface area contributed by atoms with Gasteiger partial charge in [0.15, 0.2) is 0 Å². The van der Waals surface area contributed by atoms with Gasteiger partial charge in [0.1, 0.15) is 0 Å². The summed E-state index contributed by atoms with van der Waals surface area (Å²) in [6.45, 7) is 4.34. The van der Waals surface area contributed by atoms with Crippen LogP contribution in [0.2, 0.25) is 0 Å². The molecule has 1 saturated carbocycles. The molecule has 1 rings (SSSR count). The van der Waals surface area contributed by atoms with Crippen LogP contribution in [0.4, 0.5) is 0 Å². The Balaban J connectivity index is 2.49. The summed E-state index contributed by atoms with van der Waals surface area (Å²) in [5.41, 5.74) is -0.312. The highest BCUT2D eigenvalue weighted by atomic mass is 16.3. The molecule has 2 unspecified atom stereocenters. The molecule has 0 heterocycles. The lowest BCUT2D eigenvalue weighted by Crippen LogP contribution is -2.38. The fourth-order valence-corrected chi connectivity index (χ4v) is 2.20. The van der Waals surface area contributed by atoms with Gasteiger partial charge in [-0.25, -0.2) is 0 Å². The van der Waals surface area contributed by atoms with Crippen molar-refractivity contribution in [2.24, 2.45) is 5.92 Å². The van der Waals surface area contributed by atoms with E-state index < -0.39 is 0 Å². The van der Waals surface area contributed by atoms with Crippen LogP contribution < -0.4 is 0 Å². The van der Waals surface area contributed by atoms with Gasteiger partial charge in [-0.3, -0.25) is 0 Å². The molecule has 0 bridgehead atoms. The first kappa shape index (κ1) is 9.05. The first-order valence-corrected chi connectivity index (χ1v) is 4.91. The zero-order valence-corrected chi connectivity index (χ0v) is 7.77. The molecule has 0 amide bonds. The predicted molar refractivity (Wildman–Crippen MR) is 47.5 cm³/mol. The van der Waals surface area contributed by atoms with E-state index in [0.29, 0.717) is 5.92 Å². The predicted octanol–water partition coefficient (Wildman–Crippen LogP) is 2.73. The molecule has 66 valence electrons. The number of rotatable bonds is 2. The van der Waals surface area contributed by atoms with Crippen LogP contribution in [0.3, 0.4) is 0 Å². The third-order valence-corrected chi connectivity index (χ3v) is 3.10. The van der Waals surface area contributed by atoms with Crippen LogP contribution in [0.25, 0.3) is 0 Å². The van der Waals surface area contributed by atoms with Gasteiger partial charge in [-0.2, -0.15) is 0 Å². The summed E-state index contributed by atoms with van der Waals surface area (Å²) in [6, 6.07) is 0. The van der Waals surface area contributed by atoms with Crippen molar-refractivity contribution in [3.63, 3.8) is 0 Å². The van der Waals surface area contributed by atoms with Crippen LogP contribution in [0.15, 0.2) is 0 Å². The Kier molecular flexibility index (Phi) is 2.94. The zero-order valence-electron chi connectivity index (χ0n) is 7.77. The zero-order chi connectivity index (χ0) is 8.32. The van der Waals surface area contributed by atoms with Gasteiger partial charge in [0.05, 0.1) is 5.60 Å². The molecule has 0 aromatic rings. The number of hydrogen-bond acceptors (Lipinski definition) is 1. The highest BCUT2D eigenvalue weighted by Gasteiger charge is 2.34. The van der Waals surface area contributed by atoms with Gasteiger partial charge in [0, 0.05) is 0 Å². The largest absolute Gasteiger partial charge is 0.390 e. The van der Waals surface area contributed by atoms with Crippen LogP contribution in [-0.2, 0) is 0 Å². The third-order valence-electron chi connectivity index (χ3n) is 3.10. The summed E-state index contributed by atoms with van der Waals surface area (Å²) in [4.78, 5) is 0. The minimum atomic E-state index is -0.312. The number of aliphatic hydroxyl groups is 1. The van der Waals surface area contributed by atoms with Crippen molar-refractivity contribution in [3.05, 3.63) is 0 Å². The second-order valence-corrected chi connectivity index (χ2v) is 4.00. The van der Waals surface area contributed by atoms with E-state index in [9.17, 15) is 5.11 Å². The average Bonchev–Trinajstić information content (AvgIpc) is 1.96. The van der Waals surface area contributed by atoms with Crippen molar-refractivity contribution in [1.82, 2.24) is 0 Å². The lowest BCUT2D eigenvalue weighted by molar-refractivity contribution is -0.0482. The Morgan fingerprint density at radius 1 is 1.45 bits per heavy atom. The Bertz CT molecular complexity index is 118. The summed E-state index contributed by atoms with van der Waals surface area (Å²) in [5.74, 6) is 0.524. The molecule has 0 aromatic carbocycles. The number of hydrogen-bond donors (Lipinski definition) is 1. The van der Waals surface area contributed by atoms with E-state index in [1.54, 1.807) is 0 Å². The summed E-state index contributed by atoms with van der Waals surface area (Å²) in [7, 11) is 0. The van der Waals surface area contributed by atoms with Gasteiger partial charge >= 0.3 is 0 Å². The molecule has 1 nitrogen and oxygen atoms in total. The molecule has 11 heavy (non-hydrogen) atoms. The Hall–Kier alpha value is -0.0400. The van der Waals surface area contributed by atoms with E-state index in [0.717, 1.165) is 19.3 Å². The summed E-state index contributed by atoms with van der Waals surface area (Å²) < 4.78 is 0. The fourth-order valence-electron chi connectivity index (χ4n) is 2.20. The topological polar surface area (TPSA) is 20.2 Å². The third kappa shape index (κ3) is 1.96. The van der Waals surface area contributed by atoms with Gasteiger partial charge in [0.25, 0.3) is 0 Å². The SMILES string of the molecule is CCCC1(O)CCCCC1C. The summed E-state index contributed by atoms with van der Waals surface area (Å²) >= 11 is 0. The molecule has 1 N–H and O–H groups in total. The molecule has 0 spiro atoms. The van der Waals surface area contributed by atoms with E-state index in [1.807, 2.05) is 0 Å². The molecule has 1 aliphatic carbocycles. The maximum atomic E-state index is 10.1. The molecule has 0 aliphatic heterocycles. The summed E-state index contributed by atoms with van der Waals surface area (Å²) in [5, 5.41) is 10.1.